The Morgan fingerprint density at radius 1 is 1.19 bits per heavy atom. The Balaban J connectivity index is 1.92. The Morgan fingerprint density at radius 2 is 2.00 bits per heavy atom. The first kappa shape index (κ1) is 10.2. The molecule has 0 aromatic heterocycles. The van der Waals surface area contributed by atoms with Gasteiger partial charge in [0.2, 0.25) is 0 Å². The summed E-state index contributed by atoms with van der Waals surface area (Å²) in [4.78, 5) is 0. The Morgan fingerprint density at radius 3 is 2.81 bits per heavy atom. The van der Waals surface area contributed by atoms with Crippen LogP contribution in [0.5, 0.6) is 5.75 Å². The van der Waals surface area contributed by atoms with Crippen molar-refractivity contribution < 1.29 is 4.74 Å². The van der Waals surface area contributed by atoms with E-state index < -0.39 is 0 Å². The van der Waals surface area contributed by atoms with Gasteiger partial charge in [0, 0.05) is 4.47 Å². The Kier molecular flexibility index (Phi) is 2.60. The molecule has 0 saturated heterocycles. The highest BCUT2D eigenvalue weighted by atomic mass is 79.9. The van der Waals surface area contributed by atoms with E-state index in [0.717, 1.165) is 22.7 Å². The van der Waals surface area contributed by atoms with E-state index in [-0.39, 0.29) is 0 Å². The van der Waals surface area contributed by atoms with Crippen LogP contribution in [0, 0.1) is 5.92 Å². The monoisotopic (exact) mass is 276 g/mol. The zero-order valence-electron chi connectivity index (χ0n) is 8.95. The Hall–Kier alpha value is -1.02. The van der Waals surface area contributed by atoms with E-state index in [1.165, 1.54) is 23.6 Å². The first-order valence-electron chi connectivity index (χ1n) is 5.64. The van der Waals surface area contributed by atoms with Crippen LogP contribution in [0.1, 0.15) is 12.8 Å². The fourth-order valence-electron chi connectivity index (χ4n) is 1.82. The van der Waals surface area contributed by atoms with Crippen LogP contribution in [0.3, 0.4) is 0 Å². The molecule has 0 spiro atoms. The van der Waals surface area contributed by atoms with Crippen LogP contribution >= 0.6 is 15.9 Å². The van der Waals surface area contributed by atoms with E-state index in [2.05, 4.69) is 52.3 Å². The van der Waals surface area contributed by atoms with Gasteiger partial charge in [0.15, 0.2) is 0 Å². The number of benzene rings is 2. The van der Waals surface area contributed by atoms with Crippen LogP contribution < -0.4 is 4.74 Å². The molecule has 2 heteroatoms. The summed E-state index contributed by atoms with van der Waals surface area (Å²) in [6.45, 7) is 0.866. The van der Waals surface area contributed by atoms with Crippen molar-refractivity contribution in [1.82, 2.24) is 0 Å². The summed E-state index contributed by atoms with van der Waals surface area (Å²) in [5.41, 5.74) is 0. The van der Waals surface area contributed by atoms with Gasteiger partial charge in [-0.1, -0.05) is 40.2 Å². The molecule has 0 bridgehead atoms. The number of hydrogen-bond donors (Lipinski definition) is 0. The smallest absolute Gasteiger partial charge is 0.121 e. The third-order valence-electron chi connectivity index (χ3n) is 2.97. The van der Waals surface area contributed by atoms with Crippen LogP contribution in [0.15, 0.2) is 40.9 Å². The van der Waals surface area contributed by atoms with Crippen molar-refractivity contribution in [2.45, 2.75) is 12.8 Å². The summed E-state index contributed by atoms with van der Waals surface area (Å²) >= 11 is 3.59. The summed E-state index contributed by atoms with van der Waals surface area (Å²) in [5, 5.41) is 2.46. The minimum Gasteiger partial charge on any atom is -0.493 e. The standard InChI is InChI=1S/C14H13BrO/c15-14-8-12(16-9-10-5-6-10)7-11-3-1-2-4-13(11)14/h1-4,7-8,10H,5-6,9H2. The van der Waals surface area contributed by atoms with Crippen molar-refractivity contribution in [2.24, 2.45) is 5.92 Å². The highest BCUT2D eigenvalue weighted by Gasteiger charge is 2.21. The molecule has 0 aliphatic heterocycles. The van der Waals surface area contributed by atoms with E-state index in [4.69, 9.17) is 4.74 Å². The summed E-state index contributed by atoms with van der Waals surface area (Å²) < 4.78 is 6.90. The van der Waals surface area contributed by atoms with Gasteiger partial charge in [-0.2, -0.15) is 0 Å². The second-order valence-electron chi connectivity index (χ2n) is 4.38. The predicted molar refractivity (Wildman–Crippen MR) is 69.9 cm³/mol. The van der Waals surface area contributed by atoms with Gasteiger partial charge in [-0.25, -0.2) is 0 Å². The summed E-state index contributed by atoms with van der Waals surface area (Å²) in [6, 6.07) is 12.5. The van der Waals surface area contributed by atoms with Gasteiger partial charge >= 0.3 is 0 Å². The molecule has 1 saturated carbocycles. The van der Waals surface area contributed by atoms with E-state index in [9.17, 15) is 0 Å². The molecule has 1 aliphatic carbocycles. The van der Waals surface area contributed by atoms with Gasteiger partial charge in [0.1, 0.15) is 5.75 Å². The number of halogens is 1. The molecule has 0 amide bonds. The molecule has 82 valence electrons. The molecule has 0 N–H and O–H groups in total. The minimum atomic E-state index is 0.797. The molecule has 16 heavy (non-hydrogen) atoms. The largest absolute Gasteiger partial charge is 0.493 e. The number of hydrogen-bond acceptors (Lipinski definition) is 1. The van der Waals surface area contributed by atoms with Gasteiger partial charge in [0.25, 0.3) is 0 Å². The first-order valence-corrected chi connectivity index (χ1v) is 6.43. The quantitative estimate of drug-likeness (QED) is 0.808. The summed E-state index contributed by atoms with van der Waals surface area (Å²) in [6.07, 6.45) is 2.66. The van der Waals surface area contributed by atoms with E-state index in [0.29, 0.717) is 0 Å². The molecule has 0 heterocycles. The molecular weight excluding hydrogens is 264 g/mol. The van der Waals surface area contributed by atoms with E-state index in [1.807, 2.05) is 0 Å². The maximum atomic E-state index is 5.79. The van der Waals surface area contributed by atoms with Gasteiger partial charge in [0.05, 0.1) is 6.61 Å². The second kappa shape index (κ2) is 4.10. The SMILES string of the molecule is Brc1cc(OCC2CC2)cc2ccccc12. The van der Waals surface area contributed by atoms with Crippen molar-refractivity contribution in [1.29, 1.82) is 0 Å². The average Bonchev–Trinajstić information content (AvgIpc) is 3.10. The maximum Gasteiger partial charge on any atom is 0.121 e. The summed E-state index contributed by atoms with van der Waals surface area (Å²) in [7, 11) is 0. The molecule has 0 unspecified atom stereocenters. The lowest BCUT2D eigenvalue weighted by molar-refractivity contribution is 0.300. The van der Waals surface area contributed by atoms with Gasteiger partial charge in [-0.05, 0) is 41.7 Å². The third kappa shape index (κ3) is 2.07. The molecule has 1 aliphatic rings. The van der Waals surface area contributed by atoms with Crippen molar-refractivity contribution in [3.05, 3.63) is 40.9 Å². The van der Waals surface area contributed by atoms with Crippen molar-refractivity contribution in [3.8, 4) is 5.75 Å². The van der Waals surface area contributed by atoms with Crippen LogP contribution in [0.2, 0.25) is 0 Å². The van der Waals surface area contributed by atoms with Crippen LogP contribution in [-0.4, -0.2) is 6.61 Å². The highest BCUT2D eigenvalue weighted by molar-refractivity contribution is 9.10. The molecule has 3 rings (SSSR count). The molecule has 1 nitrogen and oxygen atoms in total. The van der Waals surface area contributed by atoms with Gasteiger partial charge in [-0.15, -0.1) is 0 Å². The molecule has 2 aromatic carbocycles. The lowest BCUT2D eigenvalue weighted by Crippen LogP contribution is -1.98. The topological polar surface area (TPSA) is 9.23 Å². The molecule has 0 radical (unpaired) electrons. The van der Waals surface area contributed by atoms with Crippen LogP contribution in [0.4, 0.5) is 0 Å². The van der Waals surface area contributed by atoms with Gasteiger partial charge in [-0.3, -0.25) is 0 Å². The number of fused-ring (bicyclic) bond motifs is 1. The Labute approximate surface area is 104 Å². The van der Waals surface area contributed by atoms with Crippen molar-refractivity contribution in [2.75, 3.05) is 6.61 Å². The predicted octanol–water partition coefficient (Wildman–Crippen LogP) is 4.39. The molecule has 0 atom stereocenters. The first-order chi connectivity index (χ1) is 7.83. The fourth-order valence-corrected chi connectivity index (χ4v) is 2.41. The minimum absolute atomic E-state index is 0.797. The number of rotatable bonds is 3. The number of ether oxygens (including phenoxy) is 1. The highest BCUT2D eigenvalue weighted by Crippen LogP contribution is 2.32. The van der Waals surface area contributed by atoms with E-state index in [1.54, 1.807) is 0 Å². The van der Waals surface area contributed by atoms with Crippen molar-refractivity contribution in [3.63, 3.8) is 0 Å². The average molecular weight is 277 g/mol. The van der Waals surface area contributed by atoms with Crippen LogP contribution in [0.25, 0.3) is 10.8 Å². The third-order valence-corrected chi connectivity index (χ3v) is 3.62. The normalized spacial score (nSPS) is 15.3. The Bertz CT molecular complexity index is 517. The van der Waals surface area contributed by atoms with Gasteiger partial charge < -0.3 is 4.74 Å². The molecule has 2 aromatic rings. The zero-order chi connectivity index (χ0) is 11.0. The second-order valence-corrected chi connectivity index (χ2v) is 5.23. The molecule has 1 fully saturated rings. The van der Waals surface area contributed by atoms with Crippen molar-refractivity contribution >= 4 is 26.7 Å². The fraction of sp³-hybridized carbons (Fsp3) is 0.286. The molecular formula is C14H13BrO. The lowest BCUT2D eigenvalue weighted by atomic mass is 10.1. The summed E-state index contributed by atoms with van der Waals surface area (Å²) in [5.74, 6) is 1.77. The van der Waals surface area contributed by atoms with E-state index >= 15 is 0 Å². The maximum absolute atomic E-state index is 5.79. The van der Waals surface area contributed by atoms with Crippen LogP contribution in [-0.2, 0) is 0 Å². The lowest BCUT2D eigenvalue weighted by Gasteiger charge is -2.08. The zero-order valence-corrected chi connectivity index (χ0v) is 10.5.